The number of nitrogens with zero attached hydrogens (tertiary/aromatic N) is 4. The summed E-state index contributed by atoms with van der Waals surface area (Å²) >= 11 is 0.406. The summed E-state index contributed by atoms with van der Waals surface area (Å²) < 4.78 is 5.34. The topological polar surface area (TPSA) is 13.0 Å². The van der Waals surface area contributed by atoms with Gasteiger partial charge in [-0.15, -0.1) is 0 Å². The molecule has 5 heteroatoms. The number of likely N-dealkylation sites (N-methyl/N-ethyl adjacent to an activating group) is 2. The molecule has 2 rings (SSSR count). The summed E-state index contributed by atoms with van der Waals surface area (Å²) in [6.45, 7) is 10.1. The monoisotopic (exact) mass is 226 g/mol. The van der Waals surface area contributed by atoms with Gasteiger partial charge in [-0.05, 0) is 0 Å². The average Bonchev–Trinajstić information content (AvgIpc) is 2.25. The minimum absolute atomic E-state index is 0. The van der Waals surface area contributed by atoms with Crippen molar-refractivity contribution >= 4 is 15.7 Å². The van der Waals surface area contributed by atoms with Crippen LogP contribution in [0, 0.1) is 0 Å². The summed E-state index contributed by atoms with van der Waals surface area (Å²) in [7, 11) is 4.45. The SMILES string of the molecule is CN1CC[N]([Al+][N]2CCN(C)CC2)CC1.[H-]. The molecule has 4 nitrogen and oxygen atoms in total. The Balaban J connectivity index is 0.00000128. The quantitative estimate of drug-likeness (QED) is 0.567. The molecule has 0 aromatic carbocycles. The fourth-order valence-corrected chi connectivity index (χ4v) is 3.49. The van der Waals surface area contributed by atoms with Crippen molar-refractivity contribution in [3.63, 3.8) is 0 Å². The number of piperazine rings is 2. The van der Waals surface area contributed by atoms with E-state index in [2.05, 4.69) is 31.7 Å². The third kappa shape index (κ3) is 3.70. The largest absolute Gasteiger partial charge is 1.00 e. The van der Waals surface area contributed by atoms with E-state index in [0.29, 0.717) is 15.7 Å². The first-order valence-electron chi connectivity index (χ1n) is 5.94. The molecule has 2 fully saturated rings. The maximum Gasteiger partial charge on any atom is -1.00 e. The Morgan fingerprint density at radius 1 is 0.667 bits per heavy atom. The molecule has 0 N–H and O–H groups in total. The van der Waals surface area contributed by atoms with Crippen LogP contribution in [0.1, 0.15) is 1.43 Å². The number of rotatable bonds is 2. The van der Waals surface area contributed by atoms with Gasteiger partial charge in [0.05, 0.1) is 0 Å². The second-order valence-corrected chi connectivity index (χ2v) is 6.49. The normalized spacial score (nSPS) is 27.9. The van der Waals surface area contributed by atoms with Crippen LogP contribution < -0.4 is 0 Å². The molecule has 0 atom stereocenters. The van der Waals surface area contributed by atoms with E-state index < -0.39 is 0 Å². The van der Waals surface area contributed by atoms with Gasteiger partial charge in [-0.3, -0.25) is 0 Å². The Bertz CT molecular complexity index is 171. The Morgan fingerprint density at radius 3 is 1.33 bits per heavy atom. The zero-order chi connectivity index (χ0) is 10.7. The molecule has 0 unspecified atom stereocenters. The fourth-order valence-electron chi connectivity index (χ4n) is 2.11. The van der Waals surface area contributed by atoms with Crippen LogP contribution in [0.15, 0.2) is 0 Å². The second kappa shape index (κ2) is 5.63. The van der Waals surface area contributed by atoms with Gasteiger partial charge in [-0.2, -0.15) is 0 Å². The molecule has 2 aliphatic heterocycles. The van der Waals surface area contributed by atoms with Crippen molar-refractivity contribution in [1.29, 1.82) is 0 Å². The van der Waals surface area contributed by atoms with Crippen LogP contribution >= 0.6 is 0 Å². The standard InChI is InChI=1S/2C5H11N2.Al.H/c2*1-7-4-2-6-3-5-7;;/h2*2-5H2,1H3;;/q2*-1;+3;-1. The van der Waals surface area contributed by atoms with E-state index in [1.165, 1.54) is 52.4 Å². The van der Waals surface area contributed by atoms with E-state index in [1.807, 2.05) is 0 Å². The molecular formula is C10H23AlN4. The van der Waals surface area contributed by atoms with Gasteiger partial charge in [0.2, 0.25) is 0 Å². The molecule has 2 heterocycles. The first kappa shape index (κ1) is 11.8. The molecule has 0 amide bonds. The van der Waals surface area contributed by atoms with Gasteiger partial charge in [-0.25, -0.2) is 0 Å². The van der Waals surface area contributed by atoms with E-state index in [1.54, 1.807) is 0 Å². The summed E-state index contributed by atoms with van der Waals surface area (Å²) in [6.07, 6.45) is 0. The molecule has 0 saturated carbocycles. The predicted molar refractivity (Wildman–Crippen MR) is 65.0 cm³/mol. The molecule has 15 heavy (non-hydrogen) atoms. The van der Waals surface area contributed by atoms with E-state index in [0.717, 1.165) is 0 Å². The molecule has 2 aliphatic rings. The van der Waals surface area contributed by atoms with Crippen molar-refractivity contribution in [2.45, 2.75) is 0 Å². The van der Waals surface area contributed by atoms with Crippen molar-refractivity contribution in [3.05, 3.63) is 0 Å². The van der Waals surface area contributed by atoms with Crippen LogP contribution in [-0.4, -0.2) is 99.7 Å². The Kier molecular flexibility index (Phi) is 4.44. The van der Waals surface area contributed by atoms with Gasteiger partial charge in [0.1, 0.15) is 0 Å². The number of hydrogen-bond acceptors (Lipinski definition) is 4. The van der Waals surface area contributed by atoms with Crippen molar-refractivity contribution in [3.8, 4) is 0 Å². The van der Waals surface area contributed by atoms with Crippen molar-refractivity contribution in [1.82, 2.24) is 17.6 Å². The molecule has 2 saturated heterocycles. The first-order valence-corrected chi connectivity index (χ1v) is 6.97. The summed E-state index contributed by atoms with van der Waals surface area (Å²) in [6, 6.07) is 0. The maximum absolute atomic E-state index is 2.67. The zero-order valence-electron chi connectivity index (χ0n) is 11.0. The predicted octanol–water partition coefficient (Wildman–Crippen LogP) is -0.872. The Hall–Kier alpha value is 0.372. The molecular weight excluding hydrogens is 203 g/mol. The Morgan fingerprint density at radius 2 is 1.00 bits per heavy atom. The Labute approximate surface area is 101 Å². The zero-order valence-corrected chi connectivity index (χ0v) is 11.2. The van der Waals surface area contributed by atoms with Crippen LogP contribution in [0.5, 0.6) is 0 Å². The van der Waals surface area contributed by atoms with Crippen LogP contribution in [0.4, 0.5) is 0 Å². The van der Waals surface area contributed by atoms with E-state index in [-0.39, 0.29) is 1.43 Å². The van der Waals surface area contributed by atoms with Gasteiger partial charge in [-0.1, -0.05) is 0 Å². The van der Waals surface area contributed by atoms with Crippen molar-refractivity contribution in [2.24, 2.45) is 0 Å². The van der Waals surface area contributed by atoms with E-state index in [4.69, 9.17) is 0 Å². The first-order chi connectivity index (χ1) is 7.24. The molecule has 0 bridgehead atoms. The van der Waals surface area contributed by atoms with Gasteiger partial charge >= 0.3 is 99.7 Å². The average molecular weight is 226 g/mol. The minimum atomic E-state index is 0. The number of hydrogen-bond donors (Lipinski definition) is 0. The van der Waals surface area contributed by atoms with E-state index >= 15 is 0 Å². The van der Waals surface area contributed by atoms with E-state index in [9.17, 15) is 0 Å². The van der Waals surface area contributed by atoms with Gasteiger partial charge < -0.3 is 1.43 Å². The van der Waals surface area contributed by atoms with Gasteiger partial charge in [0, 0.05) is 0 Å². The third-order valence-electron chi connectivity index (χ3n) is 3.40. The molecule has 0 aliphatic carbocycles. The van der Waals surface area contributed by atoms with Crippen LogP contribution in [0.3, 0.4) is 0 Å². The van der Waals surface area contributed by atoms with Crippen molar-refractivity contribution < 1.29 is 1.43 Å². The fraction of sp³-hybridized carbons (Fsp3) is 1.00. The summed E-state index contributed by atoms with van der Waals surface area (Å²) in [5.41, 5.74) is 0. The summed E-state index contributed by atoms with van der Waals surface area (Å²) in [5, 5.41) is 0. The van der Waals surface area contributed by atoms with Crippen molar-refractivity contribution in [2.75, 3.05) is 66.5 Å². The molecule has 86 valence electrons. The summed E-state index contributed by atoms with van der Waals surface area (Å²) in [5.74, 6) is 0. The summed E-state index contributed by atoms with van der Waals surface area (Å²) in [4.78, 5) is 4.86. The molecule has 0 spiro atoms. The smallest absolute Gasteiger partial charge is 1.00 e. The van der Waals surface area contributed by atoms with Gasteiger partial charge in [0.15, 0.2) is 0 Å². The van der Waals surface area contributed by atoms with Crippen LogP contribution in [0.2, 0.25) is 0 Å². The molecule has 0 aromatic heterocycles. The van der Waals surface area contributed by atoms with Crippen LogP contribution in [0.25, 0.3) is 0 Å². The molecule has 0 aromatic rings. The third-order valence-corrected chi connectivity index (χ3v) is 5.09. The maximum atomic E-state index is 2.67. The minimum Gasteiger partial charge on any atom is -1.00 e. The van der Waals surface area contributed by atoms with Gasteiger partial charge in [0.25, 0.3) is 0 Å². The molecule has 0 radical (unpaired) electrons. The van der Waals surface area contributed by atoms with Crippen LogP contribution in [-0.2, 0) is 0 Å². The second-order valence-electron chi connectivity index (χ2n) is 4.79.